The van der Waals surface area contributed by atoms with Gasteiger partial charge < -0.3 is 35.7 Å². The molecule has 1 aliphatic heterocycles. The first-order valence-corrected chi connectivity index (χ1v) is 14.1. The zero-order valence-electron chi connectivity index (χ0n) is 25.4. The number of amides is 2. The van der Waals surface area contributed by atoms with Crippen molar-refractivity contribution in [3.63, 3.8) is 0 Å². The summed E-state index contributed by atoms with van der Waals surface area (Å²) in [4.78, 5) is 51.4. The van der Waals surface area contributed by atoms with Gasteiger partial charge >= 0.3 is 6.09 Å². The Bertz CT molecular complexity index is 1170. The molecule has 0 aromatic rings. The third-order valence-electron chi connectivity index (χ3n) is 7.54. The quantitative estimate of drug-likeness (QED) is 0.270. The summed E-state index contributed by atoms with van der Waals surface area (Å²) in [5.74, 6) is -2.03. The number of aliphatic hydroxyl groups is 1. The SMILES string of the molecule is C=CCNC1=C2C[C@@H](C)C[C@@H](OC)[C@@H](O)[C@H](C)C=C(C)[C@H](OC(N)=O)[C@H](OC)CCC=C(C)C(=O)NC(=CC1=O)C2=O. The highest BCUT2D eigenvalue weighted by Crippen LogP contribution is 2.29. The van der Waals surface area contributed by atoms with Crippen LogP contribution in [0.25, 0.3) is 0 Å². The molecule has 0 aromatic heterocycles. The Kier molecular flexibility index (Phi) is 13.4. The van der Waals surface area contributed by atoms with Crippen LogP contribution < -0.4 is 16.4 Å². The molecule has 1 heterocycles. The Labute approximate surface area is 247 Å². The number of hydrogen-bond donors (Lipinski definition) is 4. The van der Waals surface area contributed by atoms with E-state index in [1.807, 2.05) is 13.8 Å². The number of hydrogen-bond acceptors (Lipinski definition) is 9. The van der Waals surface area contributed by atoms with Gasteiger partial charge in [0, 0.05) is 43.9 Å². The second kappa shape index (κ2) is 16.2. The van der Waals surface area contributed by atoms with Crippen LogP contribution in [0.5, 0.6) is 0 Å². The maximum Gasteiger partial charge on any atom is 0.405 e. The van der Waals surface area contributed by atoms with E-state index in [0.717, 1.165) is 6.08 Å². The minimum Gasteiger partial charge on any atom is -0.439 e. The third kappa shape index (κ3) is 9.23. The molecule has 42 heavy (non-hydrogen) atoms. The Morgan fingerprint density at radius 2 is 1.86 bits per heavy atom. The van der Waals surface area contributed by atoms with Crippen LogP contribution in [-0.4, -0.2) is 73.9 Å². The molecule has 0 unspecified atom stereocenters. The lowest BCUT2D eigenvalue weighted by molar-refractivity contribution is -0.120. The van der Waals surface area contributed by atoms with E-state index in [1.54, 1.807) is 32.1 Å². The molecule has 0 radical (unpaired) electrons. The van der Waals surface area contributed by atoms with Crippen LogP contribution in [0.2, 0.25) is 0 Å². The molecule has 6 atom stereocenters. The first-order chi connectivity index (χ1) is 19.8. The minimum absolute atomic E-state index is 0.108. The van der Waals surface area contributed by atoms with E-state index < -0.39 is 53.9 Å². The monoisotopic (exact) mass is 587 g/mol. The molecule has 0 aromatic carbocycles. The third-order valence-corrected chi connectivity index (χ3v) is 7.54. The summed E-state index contributed by atoms with van der Waals surface area (Å²) < 4.78 is 16.7. The number of fused-ring (bicyclic) bond motifs is 2. The van der Waals surface area contributed by atoms with Crippen LogP contribution in [0.3, 0.4) is 0 Å². The zero-order chi connectivity index (χ0) is 31.6. The van der Waals surface area contributed by atoms with Crippen LogP contribution in [-0.2, 0) is 28.6 Å². The van der Waals surface area contributed by atoms with Crippen LogP contribution in [0.4, 0.5) is 4.79 Å². The molecule has 0 saturated carbocycles. The molecule has 2 amide bonds. The second-order valence-electron chi connectivity index (χ2n) is 10.9. The fourth-order valence-corrected chi connectivity index (χ4v) is 5.26. The lowest BCUT2D eigenvalue weighted by atomic mass is 9.85. The Balaban J connectivity index is 2.57. The molecular weight excluding hydrogens is 542 g/mol. The molecule has 2 rings (SSSR count). The molecule has 2 aliphatic rings. The minimum atomic E-state index is -0.967. The first-order valence-electron chi connectivity index (χ1n) is 14.1. The van der Waals surface area contributed by atoms with E-state index in [1.165, 1.54) is 14.2 Å². The van der Waals surface area contributed by atoms with Gasteiger partial charge in [-0.3, -0.25) is 14.4 Å². The van der Waals surface area contributed by atoms with Crippen molar-refractivity contribution in [1.29, 1.82) is 0 Å². The standard InChI is InChI=1S/C31H45N3O8/c1-8-12-33-26-21-13-17(2)14-25(41-7)27(36)19(4)15-20(5)29(42-31(32)39)24(40-6)11-9-10-18(3)30(38)34-22(28(21)37)16-23(26)35/h8,10,15-17,19,24-25,27,29,33,36H,1,9,11-14H2,2-7H3,(H2,32,39)(H,34,38)/t17-,19-,24-,25-,27+,29+/m1/s1. The van der Waals surface area contributed by atoms with Gasteiger partial charge in [0.2, 0.25) is 11.6 Å². The summed E-state index contributed by atoms with van der Waals surface area (Å²) in [6, 6.07) is 0. The predicted molar refractivity (Wildman–Crippen MR) is 158 cm³/mol. The number of ether oxygens (including phenoxy) is 3. The van der Waals surface area contributed by atoms with Crippen molar-refractivity contribution in [3.8, 4) is 0 Å². The highest BCUT2D eigenvalue weighted by atomic mass is 16.6. The number of methoxy groups -OCH3 is 2. The number of allylic oxidation sites excluding steroid dienone is 3. The molecular formula is C31H45N3O8. The van der Waals surface area contributed by atoms with E-state index in [4.69, 9.17) is 19.9 Å². The first kappa shape index (κ1) is 34.7. The van der Waals surface area contributed by atoms with E-state index in [0.29, 0.717) is 30.4 Å². The van der Waals surface area contributed by atoms with Crippen molar-refractivity contribution < 1.29 is 38.5 Å². The second-order valence-corrected chi connectivity index (χ2v) is 10.9. The van der Waals surface area contributed by atoms with Gasteiger partial charge in [-0.05, 0) is 51.0 Å². The summed E-state index contributed by atoms with van der Waals surface area (Å²) in [5, 5.41) is 16.8. The molecule has 0 fully saturated rings. The molecule has 232 valence electrons. The number of rotatable bonds is 6. The number of primary amides is 1. The number of Topliss-reactive ketones (excluding diaryl/α,β-unsaturated/α-hetero) is 1. The average molecular weight is 588 g/mol. The normalized spacial score (nSPS) is 28.7. The average Bonchev–Trinajstić information content (AvgIpc) is 2.94. The van der Waals surface area contributed by atoms with Crippen molar-refractivity contribution >= 4 is 23.6 Å². The lowest BCUT2D eigenvalue weighted by Gasteiger charge is -2.30. The van der Waals surface area contributed by atoms with Crippen molar-refractivity contribution in [2.75, 3.05) is 20.8 Å². The summed E-state index contributed by atoms with van der Waals surface area (Å²) in [6.45, 7) is 11.0. The number of nitrogens with two attached hydrogens (primary N) is 1. The zero-order valence-corrected chi connectivity index (χ0v) is 25.4. The Hall–Kier alpha value is -3.54. The van der Waals surface area contributed by atoms with Crippen LogP contribution in [0.15, 0.2) is 59.0 Å². The largest absolute Gasteiger partial charge is 0.439 e. The summed E-state index contributed by atoms with van der Waals surface area (Å²) in [7, 11) is 2.98. The smallest absolute Gasteiger partial charge is 0.405 e. The van der Waals surface area contributed by atoms with Gasteiger partial charge in [-0.15, -0.1) is 6.58 Å². The fraction of sp³-hybridized carbons (Fsp3) is 0.548. The molecule has 0 saturated heterocycles. The fourth-order valence-electron chi connectivity index (χ4n) is 5.26. The maximum absolute atomic E-state index is 13.6. The maximum atomic E-state index is 13.6. The predicted octanol–water partition coefficient (Wildman–Crippen LogP) is 2.76. The summed E-state index contributed by atoms with van der Waals surface area (Å²) >= 11 is 0. The molecule has 11 nitrogen and oxygen atoms in total. The van der Waals surface area contributed by atoms with E-state index in [2.05, 4.69) is 17.2 Å². The number of carbonyl (C=O) groups is 4. The number of ketones is 2. The molecule has 0 spiro atoms. The van der Waals surface area contributed by atoms with Crippen molar-refractivity contribution in [2.24, 2.45) is 17.6 Å². The van der Waals surface area contributed by atoms with Crippen molar-refractivity contribution in [3.05, 3.63) is 59.0 Å². The van der Waals surface area contributed by atoms with Gasteiger partial charge in [0.1, 0.15) is 0 Å². The number of nitrogens with one attached hydrogen (secondary N) is 2. The molecule has 5 N–H and O–H groups in total. The van der Waals surface area contributed by atoms with E-state index in [-0.39, 0.29) is 35.9 Å². The Morgan fingerprint density at radius 3 is 2.45 bits per heavy atom. The number of carbonyl (C=O) groups excluding carboxylic acids is 4. The molecule has 1 aliphatic carbocycles. The van der Waals surface area contributed by atoms with Gasteiger partial charge in [0.15, 0.2) is 6.10 Å². The van der Waals surface area contributed by atoms with E-state index in [9.17, 15) is 24.3 Å². The summed E-state index contributed by atoms with van der Waals surface area (Å²) in [5.41, 5.74) is 6.63. The molecule has 11 heteroatoms. The van der Waals surface area contributed by atoms with Crippen molar-refractivity contribution in [2.45, 2.75) is 77.8 Å². The van der Waals surface area contributed by atoms with Crippen LogP contribution in [0.1, 0.15) is 53.4 Å². The lowest BCUT2D eigenvalue weighted by Crippen LogP contribution is -2.38. The highest BCUT2D eigenvalue weighted by Gasteiger charge is 2.33. The van der Waals surface area contributed by atoms with Gasteiger partial charge in [0.05, 0.1) is 29.7 Å². The van der Waals surface area contributed by atoms with Gasteiger partial charge in [0.25, 0.3) is 5.91 Å². The van der Waals surface area contributed by atoms with Crippen molar-refractivity contribution in [1.82, 2.24) is 10.6 Å². The highest BCUT2D eigenvalue weighted by molar-refractivity contribution is 6.23. The van der Waals surface area contributed by atoms with Crippen LogP contribution in [0, 0.1) is 11.8 Å². The number of aliphatic hydroxyl groups excluding tert-OH is 1. The van der Waals surface area contributed by atoms with Gasteiger partial charge in [-0.1, -0.05) is 32.1 Å². The summed E-state index contributed by atoms with van der Waals surface area (Å²) in [6.07, 6.45) is 3.53. The van der Waals surface area contributed by atoms with E-state index >= 15 is 0 Å². The Morgan fingerprint density at radius 1 is 1.19 bits per heavy atom. The topological polar surface area (TPSA) is 166 Å². The molecule has 2 bridgehead atoms. The van der Waals surface area contributed by atoms with Gasteiger partial charge in [-0.2, -0.15) is 0 Å². The van der Waals surface area contributed by atoms with Crippen LogP contribution >= 0.6 is 0 Å². The van der Waals surface area contributed by atoms with Gasteiger partial charge in [-0.25, -0.2) is 4.79 Å².